The molecule has 1 aliphatic heterocycles. The molecule has 0 aromatic carbocycles. The van der Waals surface area contributed by atoms with Gasteiger partial charge in [0.05, 0.1) is 7.11 Å². The zero-order valence-electron chi connectivity index (χ0n) is 11.9. The van der Waals surface area contributed by atoms with Gasteiger partial charge in [-0.2, -0.15) is 0 Å². The number of methoxy groups -OCH3 is 1. The first-order chi connectivity index (χ1) is 9.22. The minimum absolute atomic E-state index is 0.576. The van der Waals surface area contributed by atoms with Gasteiger partial charge in [-0.15, -0.1) is 0 Å². The van der Waals surface area contributed by atoms with E-state index < -0.39 is 0 Å². The van der Waals surface area contributed by atoms with E-state index in [4.69, 9.17) is 10.5 Å². The third-order valence-electron chi connectivity index (χ3n) is 3.64. The summed E-state index contributed by atoms with van der Waals surface area (Å²) in [7, 11) is 1.65. The molecule has 1 unspecified atom stereocenters. The molecule has 1 saturated heterocycles. The molecule has 0 aliphatic carbocycles. The molecular weight excluding hydrogens is 240 g/mol. The fourth-order valence-corrected chi connectivity index (χ4v) is 2.41. The van der Waals surface area contributed by atoms with Crippen LogP contribution in [0.1, 0.15) is 6.92 Å². The van der Waals surface area contributed by atoms with Crippen LogP contribution in [0.2, 0.25) is 0 Å². The Hall–Kier alpha value is -1.33. The molecule has 1 aromatic heterocycles. The van der Waals surface area contributed by atoms with Crippen molar-refractivity contribution in [1.82, 2.24) is 9.88 Å². The van der Waals surface area contributed by atoms with Crippen LogP contribution in [-0.4, -0.2) is 56.3 Å². The maximum absolute atomic E-state index is 5.68. The highest BCUT2D eigenvalue weighted by Gasteiger charge is 2.18. The summed E-state index contributed by atoms with van der Waals surface area (Å²) in [6.07, 6.45) is 1.80. The van der Waals surface area contributed by atoms with Gasteiger partial charge >= 0.3 is 0 Å². The van der Waals surface area contributed by atoms with Gasteiger partial charge in [-0.05, 0) is 18.5 Å². The van der Waals surface area contributed by atoms with Crippen molar-refractivity contribution in [3.63, 3.8) is 0 Å². The fraction of sp³-hybridized carbons (Fsp3) is 0.643. The molecule has 2 rings (SSSR count). The molecule has 106 valence electrons. The molecule has 1 fully saturated rings. The summed E-state index contributed by atoms with van der Waals surface area (Å²) in [6.45, 7) is 8.35. The lowest BCUT2D eigenvalue weighted by Gasteiger charge is -2.37. The summed E-state index contributed by atoms with van der Waals surface area (Å²) in [5, 5.41) is 0. The third-order valence-corrected chi connectivity index (χ3v) is 3.64. The summed E-state index contributed by atoms with van der Waals surface area (Å²) >= 11 is 0. The largest absolute Gasteiger partial charge is 0.481 e. The first kappa shape index (κ1) is 14.1. The maximum atomic E-state index is 5.68. The van der Waals surface area contributed by atoms with Gasteiger partial charge in [0, 0.05) is 50.7 Å². The van der Waals surface area contributed by atoms with Crippen molar-refractivity contribution in [2.45, 2.75) is 6.92 Å². The Balaban J connectivity index is 1.88. The Morgan fingerprint density at radius 2 is 2.11 bits per heavy atom. The standard InChI is InChI=1S/C14H24N4O/c1-12(10-15)11-17-5-7-18(8-6-17)13-3-4-16-14(9-13)19-2/h3-4,9,12H,5-8,10-11,15H2,1-2H3. The Morgan fingerprint density at radius 1 is 1.37 bits per heavy atom. The molecule has 2 heterocycles. The number of nitrogens with two attached hydrogens (primary N) is 1. The van der Waals surface area contributed by atoms with E-state index in [1.807, 2.05) is 12.1 Å². The number of hydrogen-bond acceptors (Lipinski definition) is 5. The first-order valence-electron chi connectivity index (χ1n) is 6.90. The second kappa shape index (κ2) is 6.73. The second-order valence-corrected chi connectivity index (χ2v) is 5.18. The van der Waals surface area contributed by atoms with Crippen molar-refractivity contribution in [3.8, 4) is 5.88 Å². The Labute approximate surface area is 115 Å². The van der Waals surface area contributed by atoms with E-state index in [9.17, 15) is 0 Å². The number of pyridine rings is 1. The zero-order chi connectivity index (χ0) is 13.7. The summed E-state index contributed by atoms with van der Waals surface area (Å²) in [4.78, 5) is 9.02. The monoisotopic (exact) mass is 264 g/mol. The Morgan fingerprint density at radius 3 is 2.74 bits per heavy atom. The molecule has 1 aromatic rings. The quantitative estimate of drug-likeness (QED) is 0.853. The molecule has 0 radical (unpaired) electrons. The SMILES string of the molecule is COc1cc(N2CCN(CC(C)CN)CC2)ccn1. The van der Waals surface area contributed by atoms with Crippen LogP contribution >= 0.6 is 0 Å². The van der Waals surface area contributed by atoms with E-state index in [-0.39, 0.29) is 0 Å². The van der Waals surface area contributed by atoms with Crippen LogP contribution in [0.25, 0.3) is 0 Å². The van der Waals surface area contributed by atoms with Crippen molar-refractivity contribution in [2.24, 2.45) is 11.7 Å². The van der Waals surface area contributed by atoms with E-state index in [2.05, 4.69) is 21.7 Å². The zero-order valence-corrected chi connectivity index (χ0v) is 11.9. The number of aromatic nitrogens is 1. The second-order valence-electron chi connectivity index (χ2n) is 5.18. The van der Waals surface area contributed by atoms with E-state index in [0.29, 0.717) is 11.8 Å². The number of ether oxygens (including phenoxy) is 1. The molecule has 5 heteroatoms. The molecule has 19 heavy (non-hydrogen) atoms. The van der Waals surface area contributed by atoms with Gasteiger partial charge in [0.15, 0.2) is 0 Å². The molecule has 0 amide bonds. The Bertz CT molecular complexity index is 391. The predicted molar refractivity (Wildman–Crippen MR) is 77.7 cm³/mol. The maximum Gasteiger partial charge on any atom is 0.214 e. The normalized spacial score (nSPS) is 18.4. The van der Waals surface area contributed by atoms with Gasteiger partial charge in [0.25, 0.3) is 0 Å². The van der Waals surface area contributed by atoms with Gasteiger partial charge < -0.3 is 15.4 Å². The van der Waals surface area contributed by atoms with Crippen molar-refractivity contribution in [2.75, 3.05) is 51.3 Å². The predicted octanol–water partition coefficient (Wildman–Crippen LogP) is 0.807. The van der Waals surface area contributed by atoms with E-state index in [0.717, 1.165) is 39.3 Å². The molecule has 5 nitrogen and oxygen atoms in total. The van der Waals surface area contributed by atoms with Crippen LogP contribution in [0.15, 0.2) is 18.3 Å². The fourth-order valence-electron chi connectivity index (χ4n) is 2.41. The first-order valence-corrected chi connectivity index (χ1v) is 6.90. The number of hydrogen-bond donors (Lipinski definition) is 1. The van der Waals surface area contributed by atoms with E-state index in [1.165, 1.54) is 5.69 Å². The molecule has 2 N–H and O–H groups in total. The van der Waals surface area contributed by atoms with Crippen molar-refractivity contribution in [1.29, 1.82) is 0 Å². The molecule has 1 aliphatic rings. The summed E-state index contributed by atoms with van der Waals surface area (Å²) in [5.74, 6) is 1.25. The minimum atomic E-state index is 0.576. The Kier molecular flexibility index (Phi) is 4.99. The van der Waals surface area contributed by atoms with E-state index in [1.54, 1.807) is 13.3 Å². The van der Waals surface area contributed by atoms with Crippen LogP contribution < -0.4 is 15.4 Å². The molecule has 1 atom stereocenters. The lowest BCUT2D eigenvalue weighted by molar-refractivity contribution is 0.227. The van der Waals surface area contributed by atoms with Gasteiger partial charge in [0.1, 0.15) is 0 Å². The van der Waals surface area contributed by atoms with Crippen LogP contribution in [0.3, 0.4) is 0 Å². The molecule has 0 spiro atoms. The third kappa shape index (κ3) is 3.81. The molecule has 0 saturated carbocycles. The highest BCUT2D eigenvalue weighted by atomic mass is 16.5. The minimum Gasteiger partial charge on any atom is -0.481 e. The average molecular weight is 264 g/mol. The van der Waals surface area contributed by atoms with Gasteiger partial charge in [-0.3, -0.25) is 4.90 Å². The number of piperazine rings is 1. The smallest absolute Gasteiger partial charge is 0.214 e. The summed E-state index contributed by atoms with van der Waals surface area (Å²) in [5.41, 5.74) is 6.87. The van der Waals surface area contributed by atoms with Gasteiger partial charge in [0.2, 0.25) is 5.88 Å². The number of anilines is 1. The van der Waals surface area contributed by atoms with Crippen molar-refractivity contribution in [3.05, 3.63) is 18.3 Å². The lowest BCUT2D eigenvalue weighted by atomic mass is 10.1. The molecule has 0 bridgehead atoms. The lowest BCUT2D eigenvalue weighted by Crippen LogP contribution is -2.48. The van der Waals surface area contributed by atoms with Crippen LogP contribution in [-0.2, 0) is 0 Å². The number of nitrogens with zero attached hydrogens (tertiary/aromatic N) is 3. The number of rotatable bonds is 5. The highest BCUT2D eigenvalue weighted by molar-refractivity contribution is 5.48. The van der Waals surface area contributed by atoms with Crippen LogP contribution in [0.5, 0.6) is 5.88 Å². The van der Waals surface area contributed by atoms with Gasteiger partial charge in [-0.1, -0.05) is 6.92 Å². The van der Waals surface area contributed by atoms with E-state index >= 15 is 0 Å². The highest BCUT2D eigenvalue weighted by Crippen LogP contribution is 2.20. The summed E-state index contributed by atoms with van der Waals surface area (Å²) in [6, 6.07) is 4.04. The van der Waals surface area contributed by atoms with Crippen molar-refractivity contribution < 1.29 is 4.74 Å². The van der Waals surface area contributed by atoms with Gasteiger partial charge in [-0.25, -0.2) is 4.98 Å². The van der Waals surface area contributed by atoms with Crippen LogP contribution in [0.4, 0.5) is 5.69 Å². The molecular formula is C14H24N4O. The summed E-state index contributed by atoms with van der Waals surface area (Å²) < 4.78 is 5.17. The topological polar surface area (TPSA) is 54.6 Å². The average Bonchev–Trinajstić information content (AvgIpc) is 2.48. The van der Waals surface area contributed by atoms with Crippen molar-refractivity contribution >= 4 is 5.69 Å². The van der Waals surface area contributed by atoms with Crippen LogP contribution in [0, 0.1) is 5.92 Å².